The van der Waals surface area contributed by atoms with Crippen LogP contribution in [0.2, 0.25) is 0 Å². The van der Waals surface area contributed by atoms with Crippen LogP contribution >= 0.6 is 15.9 Å². The van der Waals surface area contributed by atoms with Gasteiger partial charge < -0.3 is 4.90 Å². The number of alkyl halides is 1. The first-order valence-electron chi connectivity index (χ1n) is 7.17. The highest BCUT2D eigenvalue weighted by atomic mass is 79.9. The number of benzene rings is 2. The molecular weight excluding hydrogens is 324 g/mol. The number of para-hydroxylation sites is 2. The number of halogens is 1. The lowest BCUT2D eigenvalue weighted by Gasteiger charge is -2.21. The Kier molecular flexibility index (Phi) is 3.15. The van der Waals surface area contributed by atoms with Gasteiger partial charge in [-0.25, -0.2) is 4.98 Å². The lowest BCUT2D eigenvalue weighted by Crippen LogP contribution is -2.16. The van der Waals surface area contributed by atoms with Crippen LogP contribution in [-0.4, -0.2) is 11.5 Å². The molecule has 0 bridgehead atoms. The fourth-order valence-electron chi connectivity index (χ4n) is 3.04. The van der Waals surface area contributed by atoms with Crippen LogP contribution in [0, 0.1) is 0 Å². The van der Waals surface area contributed by atoms with E-state index >= 15 is 0 Å². The predicted molar refractivity (Wildman–Crippen MR) is 91.5 cm³/mol. The van der Waals surface area contributed by atoms with Crippen LogP contribution in [-0.2, 0) is 11.8 Å². The van der Waals surface area contributed by atoms with E-state index in [-0.39, 0.29) is 0 Å². The second-order valence-corrected chi connectivity index (χ2v) is 5.89. The normalized spacial score (nSPS) is 13.7. The topological polar surface area (TPSA) is 16.1 Å². The Morgan fingerprint density at radius 2 is 1.86 bits per heavy atom. The van der Waals surface area contributed by atoms with Gasteiger partial charge in [-0.15, -0.1) is 0 Å². The monoisotopic (exact) mass is 338 g/mol. The standard InChI is InChI=1S/C18H15BrN2/c19-12-15-11-14-6-1-3-7-16(14)20-18(15)21-10-9-13-5-2-4-8-17(13)21/h1-8,11H,9-10,12H2. The molecule has 0 atom stereocenters. The van der Waals surface area contributed by atoms with Crippen LogP contribution in [0.3, 0.4) is 0 Å². The smallest absolute Gasteiger partial charge is 0.137 e. The van der Waals surface area contributed by atoms with Crippen molar-refractivity contribution >= 4 is 38.3 Å². The molecule has 1 aromatic heterocycles. The maximum Gasteiger partial charge on any atom is 0.137 e. The van der Waals surface area contributed by atoms with Crippen LogP contribution in [0.1, 0.15) is 11.1 Å². The number of rotatable bonds is 2. The van der Waals surface area contributed by atoms with Gasteiger partial charge in [0.2, 0.25) is 0 Å². The van der Waals surface area contributed by atoms with Gasteiger partial charge in [-0.1, -0.05) is 52.3 Å². The van der Waals surface area contributed by atoms with Crippen LogP contribution < -0.4 is 4.90 Å². The van der Waals surface area contributed by atoms with Crippen LogP contribution in [0.25, 0.3) is 10.9 Å². The van der Waals surface area contributed by atoms with Crippen molar-refractivity contribution in [3.63, 3.8) is 0 Å². The quantitative estimate of drug-likeness (QED) is 0.622. The van der Waals surface area contributed by atoms with Gasteiger partial charge in [-0.05, 0) is 30.2 Å². The number of pyridine rings is 1. The SMILES string of the molecule is BrCc1cc2ccccc2nc1N1CCc2ccccc21. The average molecular weight is 339 g/mol. The van der Waals surface area contributed by atoms with Crippen molar-refractivity contribution in [1.82, 2.24) is 4.98 Å². The molecule has 0 aliphatic carbocycles. The summed E-state index contributed by atoms with van der Waals surface area (Å²) in [7, 11) is 0. The van der Waals surface area contributed by atoms with Crippen molar-refractivity contribution in [2.75, 3.05) is 11.4 Å². The van der Waals surface area contributed by atoms with Gasteiger partial charge in [-0.3, -0.25) is 0 Å². The molecule has 21 heavy (non-hydrogen) atoms. The molecule has 0 N–H and O–H groups in total. The molecule has 0 fully saturated rings. The lowest BCUT2D eigenvalue weighted by molar-refractivity contribution is 0.971. The number of hydrogen-bond donors (Lipinski definition) is 0. The Bertz CT molecular complexity index is 813. The molecule has 1 aliphatic heterocycles. The van der Waals surface area contributed by atoms with E-state index in [0.29, 0.717) is 0 Å². The zero-order valence-electron chi connectivity index (χ0n) is 11.6. The summed E-state index contributed by atoms with van der Waals surface area (Å²) >= 11 is 3.61. The Labute approximate surface area is 132 Å². The summed E-state index contributed by atoms with van der Waals surface area (Å²) in [5.74, 6) is 1.08. The second-order valence-electron chi connectivity index (χ2n) is 5.33. The number of fused-ring (bicyclic) bond motifs is 2. The van der Waals surface area contributed by atoms with E-state index in [0.717, 1.165) is 29.6 Å². The molecule has 4 rings (SSSR count). The summed E-state index contributed by atoms with van der Waals surface area (Å²) in [5, 5.41) is 2.02. The highest BCUT2D eigenvalue weighted by Gasteiger charge is 2.23. The summed E-state index contributed by atoms with van der Waals surface area (Å²) in [6, 6.07) is 19.2. The fourth-order valence-corrected chi connectivity index (χ4v) is 3.45. The minimum Gasteiger partial charge on any atom is -0.326 e. The number of hydrogen-bond acceptors (Lipinski definition) is 2. The summed E-state index contributed by atoms with van der Waals surface area (Å²) in [6.45, 7) is 1.00. The second kappa shape index (κ2) is 5.15. The Morgan fingerprint density at radius 1 is 1.05 bits per heavy atom. The minimum absolute atomic E-state index is 0.818. The highest BCUT2D eigenvalue weighted by Crippen LogP contribution is 2.36. The van der Waals surface area contributed by atoms with Gasteiger partial charge in [0.05, 0.1) is 5.52 Å². The summed E-state index contributed by atoms with van der Waals surface area (Å²) in [5.41, 5.74) is 5.00. The predicted octanol–water partition coefficient (Wildman–Crippen LogP) is 4.82. The highest BCUT2D eigenvalue weighted by molar-refractivity contribution is 9.08. The van der Waals surface area contributed by atoms with E-state index in [4.69, 9.17) is 4.98 Å². The van der Waals surface area contributed by atoms with Crippen molar-refractivity contribution < 1.29 is 0 Å². The number of anilines is 2. The van der Waals surface area contributed by atoms with Gasteiger partial charge in [0.1, 0.15) is 5.82 Å². The molecule has 0 saturated carbocycles. The van der Waals surface area contributed by atoms with E-state index in [1.807, 2.05) is 6.07 Å². The third-order valence-electron chi connectivity index (χ3n) is 4.07. The number of aromatic nitrogens is 1. The van der Waals surface area contributed by atoms with Gasteiger partial charge in [-0.2, -0.15) is 0 Å². The fraction of sp³-hybridized carbons (Fsp3) is 0.167. The van der Waals surface area contributed by atoms with Crippen LogP contribution in [0.5, 0.6) is 0 Å². The van der Waals surface area contributed by atoms with E-state index < -0.39 is 0 Å². The maximum atomic E-state index is 4.92. The van der Waals surface area contributed by atoms with Crippen molar-refractivity contribution in [2.24, 2.45) is 0 Å². The van der Waals surface area contributed by atoms with Crippen LogP contribution in [0.4, 0.5) is 11.5 Å². The van der Waals surface area contributed by atoms with E-state index in [1.165, 1.54) is 22.2 Å². The molecule has 3 aromatic rings. The van der Waals surface area contributed by atoms with Crippen LogP contribution in [0.15, 0.2) is 54.6 Å². The minimum atomic E-state index is 0.818. The first-order valence-corrected chi connectivity index (χ1v) is 8.29. The van der Waals surface area contributed by atoms with Crippen molar-refractivity contribution in [1.29, 1.82) is 0 Å². The Balaban J connectivity index is 1.90. The van der Waals surface area contributed by atoms with Gasteiger partial charge >= 0.3 is 0 Å². The third-order valence-corrected chi connectivity index (χ3v) is 4.67. The van der Waals surface area contributed by atoms with E-state index in [2.05, 4.69) is 69.4 Å². The van der Waals surface area contributed by atoms with Crippen molar-refractivity contribution in [3.8, 4) is 0 Å². The molecule has 0 saturated heterocycles. The molecule has 2 aromatic carbocycles. The molecule has 2 nitrogen and oxygen atoms in total. The molecule has 0 spiro atoms. The zero-order chi connectivity index (χ0) is 14.2. The molecule has 0 amide bonds. The summed E-state index contributed by atoms with van der Waals surface area (Å²) < 4.78 is 0. The summed E-state index contributed by atoms with van der Waals surface area (Å²) in [6.07, 6.45) is 1.09. The zero-order valence-corrected chi connectivity index (χ0v) is 13.2. The molecule has 3 heteroatoms. The largest absolute Gasteiger partial charge is 0.326 e. The average Bonchev–Trinajstić information content (AvgIpc) is 2.97. The van der Waals surface area contributed by atoms with Gasteiger partial charge in [0.25, 0.3) is 0 Å². The molecule has 104 valence electrons. The summed E-state index contributed by atoms with van der Waals surface area (Å²) in [4.78, 5) is 7.27. The molecular formula is C18H15BrN2. The van der Waals surface area contributed by atoms with E-state index in [1.54, 1.807) is 0 Å². The molecule has 0 unspecified atom stereocenters. The lowest BCUT2D eigenvalue weighted by atomic mass is 10.1. The van der Waals surface area contributed by atoms with Crippen molar-refractivity contribution in [2.45, 2.75) is 11.8 Å². The molecule has 1 aliphatic rings. The van der Waals surface area contributed by atoms with E-state index in [9.17, 15) is 0 Å². The molecule has 2 heterocycles. The Morgan fingerprint density at radius 3 is 2.76 bits per heavy atom. The third kappa shape index (κ3) is 2.12. The first-order chi connectivity index (χ1) is 10.4. The van der Waals surface area contributed by atoms with Gasteiger partial charge in [0.15, 0.2) is 0 Å². The maximum absolute atomic E-state index is 4.92. The Hall–Kier alpha value is -1.87. The van der Waals surface area contributed by atoms with Gasteiger partial charge in [0, 0.05) is 28.5 Å². The first kappa shape index (κ1) is 12.8. The van der Waals surface area contributed by atoms with Crippen molar-refractivity contribution in [3.05, 3.63) is 65.7 Å². The molecule has 0 radical (unpaired) electrons. The number of nitrogens with zero attached hydrogens (tertiary/aromatic N) is 2.